The van der Waals surface area contributed by atoms with Crippen molar-refractivity contribution in [2.75, 3.05) is 0 Å². The fourth-order valence-electron chi connectivity index (χ4n) is 8.32. The molecular formula is C29H18. The maximum atomic E-state index is 2.46. The normalized spacial score (nSPS) is 36.7. The van der Waals surface area contributed by atoms with Gasteiger partial charge in [0, 0.05) is 22.7 Å². The lowest BCUT2D eigenvalue weighted by atomic mass is 9.65. The molecule has 13 bridgehead atoms. The molecule has 0 aliphatic heterocycles. The van der Waals surface area contributed by atoms with E-state index < -0.39 is 0 Å². The van der Waals surface area contributed by atoms with Crippen LogP contribution in [0.4, 0.5) is 0 Å². The zero-order chi connectivity index (χ0) is 18.6. The van der Waals surface area contributed by atoms with E-state index in [0.717, 1.165) is 0 Å². The molecule has 29 heavy (non-hydrogen) atoms. The molecule has 0 N–H and O–H groups in total. The maximum Gasteiger partial charge on any atom is 0.0701 e. The Morgan fingerprint density at radius 2 is 0.621 bits per heavy atom. The highest BCUT2D eigenvalue weighted by Gasteiger charge is 2.98. The van der Waals surface area contributed by atoms with E-state index in [0.29, 0.717) is 11.8 Å². The van der Waals surface area contributed by atoms with Crippen molar-refractivity contribution >= 4 is 0 Å². The van der Waals surface area contributed by atoms with Crippen molar-refractivity contribution < 1.29 is 0 Å². The van der Waals surface area contributed by atoms with Crippen LogP contribution in [0.1, 0.15) is 56.3 Å². The third-order valence-electron chi connectivity index (χ3n) is 9.28. The van der Waals surface area contributed by atoms with Crippen molar-refractivity contribution in [3.05, 3.63) is 142 Å². The largest absolute Gasteiger partial charge is 0.0701 e. The monoisotopic (exact) mass is 366 g/mol. The summed E-state index contributed by atoms with van der Waals surface area (Å²) in [6.45, 7) is 0. The van der Waals surface area contributed by atoms with Gasteiger partial charge in [0.2, 0.25) is 0 Å². The molecule has 134 valence electrons. The number of rotatable bonds is 0. The molecule has 0 heteroatoms. The van der Waals surface area contributed by atoms with Gasteiger partial charge in [-0.25, -0.2) is 0 Å². The number of benzene rings is 4. The average molecular weight is 366 g/mol. The minimum absolute atomic E-state index is 0.192. The van der Waals surface area contributed by atoms with Gasteiger partial charge in [0.25, 0.3) is 0 Å². The molecule has 0 heterocycles. The van der Waals surface area contributed by atoms with Crippen molar-refractivity contribution in [2.24, 2.45) is 0 Å². The second-order valence-corrected chi connectivity index (χ2v) is 9.75. The van der Waals surface area contributed by atoms with E-state index in [1.54, 1.807) is 0 Å². The first-order chi connectivity index (χ1) is 14.3. The summed E-state index contributed by atoms with van der Waals surface area (Å²) >= 11 is 0. The molecule has 0 aromatic heterocycles. The van der Waals surface area contributed by atoms with E-state index >= 15 is 0 Å². The summed E-state index contributed by atoms with van der Waals surface area (Å²) in [6, 6.07) is 38.9. The van der Waals surface area contributed by atoms with Gasteiger partial charge < -0.3 is 0 Å². The van der Waals surface area contributed by atoms with Crippen molar-refractivity contribution in [3.8, 4) is 0 Å². The Hall–Kier alpha value is -3.12. The first kappa shape index (κ1) is 14.0. The second-order valence-electron chi connectivity index (χ2n) is 9.75. The third kappa shape index (κ3) is 1.08. The van der Waals surface area contributed by atoms with Crippen molar-refractivity contribution in [3.63, 3.8) is 0 Å². The Labute approximate surface area is 169 Å². The van der Waals surface area contributed by atoms with Gasteiger partial charge >= 0.3 is 0 Å². The van der Waals surface area contributed by atoms with Crippen LogP contribution in [0.5, 0.6) is 0 Å². The molecule has 4 aromatic rings. The Morgan fingerprint density at radius 1 is 0.345 bits per heavy atom. The van der Waals surface area contributed by atoms with Gasteiger partial charge in [0.15, 0.2) is 0 Å². The molecule has 0 atom stereocenters. The summed E-state index contributed by atoms with van der Waals surface area (Å²) in [5, 5.41) is 0. The van der Waals surface area contributed by atoms with Gasteiger partial charge in [0.05, 0.1) is 5.41 Å². The van der Waals surface area contributed by atoms with Gasteiger partial charge in [-0.05, 0) is 44.5 Å². The lowest BCUT2D eigenvalue weighted by Gasteiger charge is -2.37. The highest BCUT2D eigenvalue weighted by molar-refractivity contribution is 5.80. The lowest BCUT2D eigenvalue weighted by Crippen LogP contribution is -2.31. The molecule has 2 fully saturated rings. The van der Waals surface area contributed by atoms with Crippen LogP contribution in [0.25, 0.3) is 0 Å². The minimum atomic E-state index is -0.280. The molecule has 4 aromatic carbocycles. The van der Waals surface area contributed by atoms with Crippen LogP contribution in [0.2, 0.25) is 0 Å². The van der Waals surface area contributed by atoms with E-state index in [4.69, 9.17) is 0 Å². The first-order valence-electron chi connectivity index (χ1n) is 10.8. The van der Waals surface area contributed by atoms with E-state index in [2.05, 4.69) is 97.1 Å². The van der Waals surface area contributed by atoms with Gasteiger partial charge in [-0.1, -0.05) is 97.1 Å². The van der Waals surface area contributed by atoms with E-state index in [9.17, 15) is 0 Å². The Morgan fingerprint density at radius 3 is 0.966 bits per heavy atom. The Balaban J connectivity index is 1.67. The molecule has 0 radical (unpaired) electrons. The molecule has 26 rings (SSSR count). The predicted molar refractivity (Wildman–Crippen MR) is 114 cm³/mol. The van der Waals surface area contributed by atoms with Crippen LogP contribution >= 0.6 is 0 Å². The minimum Gasteiger partial charge on any atom is -0.0584 e. The van der Waals surface area contributed by atoms with Crippen molar-refractivity contribution in [1.82, 2.24) is 0 Å². The lowest BCUT2D eigenvalue weighted by molar-refractivity contribution is 0.598. The summed E-state index contributed by atoms with van der Waals surface area (Å²) in [5.74, 6) is 1.13. The maximum absolute atomic E-state index is 2.46. The second kappa shape index (κ2) is 3.83. The quantitative estimate of drug-likeness (QED) is 0.370. The Bertz CT molecular complexity index is 1250. The molecule has 22 aliphatic carbocycles. The standard InChI is InChI=1S/C29H18/c1-5-19-6-2-17(1)25-28-23-13-9-21(10-14-23)27(19)20-7-3-18(4-8-20)26(28)29(25,28)24-15-11-22(27)12-16-24/h1-16,25-26H. The smallest absolute Gasteiger partial charge is 0.0584 e. The van der Waals surface area contributed by atoms with E-state index in [-0.39, 0.29) is 16.2 Å². The fourth-order valence-corrected chi connectivity index (χ4v) is 8.32. The molecule has 0 nitrogen and oxygen atoms in total. The molecule has 2 saturated carbocycles. The topological polar surface area (TPSA) is 0 Å². The molecule has 0 amide bonds. The zero-order valence-electron chi connectivity index (χ0n) is 15.9. The van der Waals surface area contributed by atoms with Crippen LogP contribution < -0.4 is 0 Å². The first-order valence-corrected chi connectivity index (χ1v) is 10.8. The highest BCUT2D eigenvalue weighted by Crippen LogP contribution is 2.99. The zero-order valence-corrected chi connectivity index (χ0v) is 15.9. The van der Waals surface area contributed by atoms with E-state index in [1.165, 1.54) is 44.5 Å². The molecular weight excluding hydrogens is 348 g/mol. The van der Waals surface area contributed by atoms with E-state index in [1.807, 2.05) is 0 Å². The van der Waals surface area contributed by atoms with Crippen molar-refractivity contribution in [1.29, 1.82) is 0 Å². The van der Waals surface area contributed by atoms with Crippen LogP contribution in [-0.4, -0.2) is 0 Å². The molecule has 22 aliphatic rings. The SMILES string of the molecule is c1cc2ccc1C1C34c5ccc(cc5)C25c2ccc(cc2)C3C14c1ccc5cc1. The van der Waals surface area contributed by atoms with Gasteiger partial charge in [-0.3, -0.25) is 0 Å². The average Bonchev–Trinajstić information content (AvgIpc) is 3.61. The summed E-state index contributed by atoms with van der Waals surface area (Å²) in [7, 11) is 0. The van der Waals surface area contributed by atoms with Crippen LogP contribution in [0.15, 0.2) is 97.1 Å². The Kier molecular flexibility index (Phi) is 1.84. The van der Waals surface area contributed by atoms with Gasteiger partial charge in [-0.2, -0.15) is 0 Å². The highest BCUT2D eigenvalue weighted by atomic mass is 15.0. The number of hydrogen-bond donors (Lipinski definition) is 0. The summed E-state index contributed by atoms with van der Waals surface area (Å²) in [5.41, 5.74) is 11.7. The summed E-state index contributed by atoms with van der Waals surface area (Å²) < 4.78 is 0. The number of hydrogen-bond acceptors (Lipinski definition) is 0. The van der Waals surface area contributed by atoms with Gasteiger partial charge in [-0.15, -0.1) is 0 Å². The summed E-state index contributed by atoms with van der Waals surface area (Å²) in [4.78, 5) is 0. The molecule has 0 unspecified atom stereocenters. The van der Waals surface area contributed by atoms with Crippen molar-refractivity contribution in [2.45, 2.75) is 28.1 Å². The van der Waals surface area contributed by atoms with Crippen LogP contribution in [-0.2, 0) is 16.2 Å². The molecule has 0 saturated heterocycles. The van der Waals surface area contributed by atoms with Crippen LogP contribution in [0.3, 0.4) is 0 Å². The summed E-state index contributed by atoms with van der Waals surface area (Å²) in [6.07, 6.45) is 0. The molecule has 3 spiro atoms. The third-order valence-corrected chi connectivity index (χ3v) is 9.28. The predicted octanol–water partition coefficient (Wildman–Crippen LogP) is 5.78. The van der Waals surface area contributed by atoms with Crippen LogP contribution in [0, 0.1) is 0 Å². The van der Waals surface area contributed by atoms with Gasteiger partial charge in [0.1, 0.15) is 0 Å². The fraction of sp³-hybridized carbons (Fsp3) is 0.172.